The summed E-state index contributed by atoms with van der Waals surface area (Å²) in [5, 5.41) is 21.6. The van der Waals surface area contributed by atoms with E-state index in [1.54, 1.807) is 0 Å². The number of aliphatic hydroxyl groups excluding tert-OH is 2. The van der Waals surface area contributed by atoms with E-state index in [4.69, 9.17) is 5.11 Å². The zero-order valence-corrected chi connectivity index (χ0v) is 11.1. The van der Waals surface area contributed by atoms with Crippen molar-refractivity contribution in [1.29, 1.82) is 0 Å². The first-order valence-corrected chi connectivity index (χ1v) is 6.49. The first-order chi connectivity index (χ1) is 9.04. The molecule has 2 atom stereocenters. The summed E-state index contributed by atoms with van der Waals surface area (Å²) in [7, 11) is 0. The van der Waals surface area contributed by atoms with Gasteiger partial charge in [0.2, 0.25) is 0 Å². The van der Waals surface area contributed by atoms with Gasteiger partial charge in [0.05, 0.1) is 6.10 Å². The molecule has 5 heteroatoms. The third-order valence-corrected chi connectivity index (χ3v) is 3.02. The van der Waals surface area contributed by atoms with E-state index < -0.39 is 17.7 Å². The van der Waals surface area contributed by atoms with E-state index in [0.717, 1.165) is 31.0 Å². The molecule has 2 unspecified atom stereocenters. The highest BCUT2D eigenvalue weighted by atomic mass is 19.1. The molecule has 0 fully saturated rings. The van der Waals surface area contributed by atoms with Crippen LogP contribution in [0, 0.1) is 17.6 Å². The van der Waals surface area contributed by atoms with Gasteiger partial charge >= 0.3 is 0 Å². The molecule has 0 aromatic heterocycles. The van der Waals surface area contributed by atoms with Gasteiger partial charge in [-0.2, -0.15) is 0 Å². The predicted octanol–water partition coefficient (Wildman–Crippen LogP) is 2.00. The van der Waals surface area contributed by atoms with Crippen molar-refractivity contribution in [3.63, 3.8) is 0 Å². The third-order valence-electron chi connectivity index (χ3n) is 3.02. The molecule has 0 aliphatic rings. The lowest BCUT2D eigenvalue weighted by Gasteiger charge is -2.14. The minimum Gasteiger partial charge on any atom is -0.396 e. The molecule has 108 valence electrons. The fourth-order valence-corrected chi connectivity index (χ4v) is 1.79. The zero-order valence-electron chi connectivity index (χ0n) is 11.1. The van der Waals surface area contributed by atoms with Crippen LogP contribution in [0.25, 0.3) is 0 Å². The second-order valence-electron chi connectivity index (χ2n) is 4.82. The first kappa shape index (κ1) is 16.0. The molecule has 3 N–H and O–H groups in total. The van der Waals surface area contributed by atoms with Crippen LogP contribution in [0.2, 0.25) is 0 Å². The molecule has 0 saturated carbocycles. The van der Waals surface area contributed by atoms with Crippen LogP contribution in [0.1, 0.15) is 31.4 Å². The Kier molecular flexibility index (Phi) is 6.91. The molecular formula is C14H21F2NO2. The molecule has 0 radical (unpaired) electrons. The number of hydrogen-bond acceptors (Lipinski definition) is 3. The van der Waals surface area contributed by atoms with Gasteiger partial charge in [0.25, 0.3) is 0 Å². The number of rotatable bonds is 8. The van der Waals surface area contributed by atoms with E-state index in [1.165, 1.54) is 0 Å². The quantitative estimate of drug-likeness (QED) is 0.635. The van der Waals surface area contributed by atoms with Crippen molar-refractivity contribution in [3.8, 4) is 0 Å². The van der Waals surface area contributed by atoms with Crippen molar-refractivity contribution in [2.24, 2.45) is 5.92 Å². The molecule has 1 aromatic carbocycles. The van der Waals surface area contributed by atoms with E-state index in [0.29, 0.717) is 6.54 Å². The minimum absolute atomic E-state index is 0.0313. The van der Waals surface area contributed by atoms with Crippen LogP contribution < -0.4 is 5.32 Å². The lowest BCUT2D eigenvalue weighted by Crippen LogP contribution is -2.23. The normalized spacial score (nSPS) is 14.4. The summed E-state index contributed by atoms with van der Waals surface area (Å²) >= 11 is 0. The van der Waals surface area contributed by atoms with E-state index in [1.807, 2.05) is 6.92 Å². The fraction of sp³-hybridized carbons (Fsp3) is 0.571. The Morgan fingerprint density at radius 1 is 1.32 bits per heavy atom. The van der Waals surface area contributed by atoms with Crippen LogP contribution in [0.5, 0.6) is 0 Å². The van der Waals surface area contributed by atoms with Crippen molar-refractivity contribution in [2.75, 3.05) is 19.7 Å². The van der Waals surface area contributed by atoms with E-state index >= 15 is 0 Å². The van der Waals surface area contributed by atoms with Gasteiger partial charge in [0, 0.05) is 18.7 Å². The smallest absolute Gasteiger partial charge is 0.129 e. The summed E-state index contributed by atoms with van der Waals surface area (Å²) in [5.41, 5.74) is -0.0313. The standard InChI is InChI=1S/C14H21F2NO2/c1-10(9-18)3-2-6-17-8-14(19)12-7-11(15)4-5-13(12)16/h4-5,7,10,14,17-19H,2-3,6,8-9H2,1H3. The van der Waals surface area contributed by atoms with E-state index in [9.17, 15) is 13.9 Å². The number of benzene rings is 1. The molecule has 0 amide bonds. The van der Waals surface area contributed by atoms with Gasteiger partial charge in [-0.25, -0.2) is 8.78 Å². The van der Waals surface area contributed by atoms with Crippen LogP contribution >= 0.6 is 0 Å². The predicted molar refractivity (Wildman–Crippen MR) is 69.7 cm³/mol. The van der Waals surface area contributed by atoms with E-state index in [2.05, 4.69) is 5.32 Å². The molecular weight excluding hydrogens is 252 g/mol. The van der Waals surface area contributed by atoms with Crippen molar-refractivity contribution >= 4 is 0 Å². The Hall–Kier alpha value is -1.04. The van der Waals surface area contributed by atoms with Crippen molar-refractivity contribution in [2.45, 2.75) is 25.9 Å². The Balaban J connectivity index is 2.31. The Bertz CT molecular complexity index is 388. The van der Waals surface area contributed by atoms with Gasteiger partial charge < -0.3 is 15.5 Å². The average Bonchev–Trinajstić information content (AvgIpc) is 2.40. The lowest BCUT2D eigenvalue weighted by atomic mass is 10.1. The largest absolute Gasteiger partial charge is 0.396 e. The third kappa shape index (κ3) is 5.63. The topological polar surface area (TPSA) is 52.5 Å². The maximum atomic E-state index is 13.4. The Labute approximate surface area is 112 Å². The van der Waals surface area contributed by atoms with Gasteiger partial charge in [0.1, 0.15) is 11.6 Å². The highest BCUT2D eigenvalue weighted by molar-refractivity contribution is 5.21. The minimum atomic E-state index is -1.06. The molecule has 0 aliphatic carbocycles. The summed E-state index contributed by atoms with van der Waals surface area (Å²) in [6.07, 6.45) is 0.680. The SMILES string of the molecule is CC(CO)CCCNCC(O)c1cc(F)ccc1F. The van der Waals surface area contributed by atoms with Crippen LogP contribution in [-0.2, 0) is 0 Å². The summed E-state index contributed by atoms with van der Waals surface area (Å²) < 4.78 is 26.3. The maximum absolute atomic E-state index is 13.4. The van der Waals surface area contributed by atoms with Crippen molar-refractivity contribution < 1.29 is 19.0 Å². The highest BCUT2D eigenvalue weighted by Gasteiger charge is 2.13. The maximum Gasteiger partial charge on any atom is 0.129 e. The van der Waals surface area contributed by atoms with Crippen LogP contribution in [0.4, 0.5) is 8.78 Å². The molecule has 0 bridgehead atoms. The molecule has 1 rings (SSSR count). The van der Waals surface area contributed by atoms with Gasteiger partial charge in [-0.05, 0) is 43.5 Å². The average molecular weight is 273 g/mol. The van der Waals surface area contributed by atoms with Crippen LogP contribution in [0.15, 0.2) is 18.2 Å². The molecule has 0 spiro atoms. The lowest BCUT2D eigenvalue weighted by molar-refractivity contribution is 0.169. The molecule has 3 nitrogen and oxygen atoms in total. The number of halogens is 2. The fourth-order valence-electron chi connectivity index (χ4n) is 1.79. The van der Waals surface area contributed by atoms with Gasteiger partial charge in [0.15, 0.2) is 0 Å². The number of hydrogen-bond donors (Lipinski definition) is 3. The Morgan fingerprint density at radius 3 is 2.74 bits per heavy atom. The van der Waals surface area contributed by atoms with Crippen molar-refractivity contribution in [1.82, 2.24) is 5.32 Å². The van der Waals surface area contributed by atoms with Gasteiger partial charge in [-0.1, -0.05) is 6.92 Å². The molecule has 0 aliphatic heterocycles. The summed E-state index contributed by atoms with van der Waals surface area (Å²) in [6.45, 7) is 2.96. The monoisotopic (exact) mass is 273 g/mol. The summed E-state index contributed by atoms with van der Waals surface area (Å²) in [6, 6.07) is 3.04. The molecule has 19 heavy (non-hydrogen) atoms. The van der Waals surface area contributed by atoms with Crippen molar-refractivity contribution in [3.05, 3.63) is 35.4 Å². The molecule has 0 heterocycles. The zero-order chi connectivity index (χ0) is 14.3. The molecule has 1 aromatic rings. The van der Waals surface area contributed by atoms with Gasteiger partial charge in [-0.15, -0.1) is 0 Å². The van der Waals surface area contributed by atoms with Gasteiger partial charge in [-0.3, -0.25) is 0 Å². The summed E-state index contributed by atoms with van der Waals surface area (Å²) in [5.74, 6) is -0.913. The first-order valence-electron chi connectivity index (χ1n) is 6.49. The van der Waals surface area contributed by atoms with E-state index in [-0.39, 0.29) is 24.6 Å². The second kappa shape index (κ2) is 8.19. The number of nitrogens with one attached hydrogen (secondary N) is 1. The highest BCUT2D eigenvalue weighted by Crippen LogP contribution is 2.17. The number of aliphatic hydroxyl groups is 2. The second-order valence-corrected chi connectivity index (χ2v) is 4.82. The molecule has 0 saturated heterocycles. The van der Waals surface area contributed by atoms with Crippen LogP contribution in [-0.4, -0.2) is 29.9 Å². The summed E-state index contributed by atoms with van der Waals surface area (Å²) in [4.78, 5) is 0. The van der Waals surface area contributed by atoms with Crippen LogP contribution in [0.3, 0.4) is 0 Å². The Morgan fingerprint density at radius 2 is 2.05 bits per heavy atom.